The maximum atomic E-state index is 5.08. The monoisotopic (exact) mass is 178 g/mol. The second-order valence-corrected chi connectivity index (χ2v) is 3.15. The molecule has 1 aromatic heterocycles. The number of methoxy groups -OCH3 is 1. The van der Waals surface area contributed by atoms with E-state index < -0.39 is 0 Å². The van der Waals surface area contributed by atoms with Crippen LogP contribution in [0.4, 0.5) is 0 Å². The van der Waals surface area contributed by atoms with E-state index in [2.05, 4.69) is 22.5 Å². The molecule has 0 aliphatic carbocycles. The third kappa shape index (κ3) is 1.75. The summed E-state index contributed by atoms with van der Waals surface area (Å²) in [6.07, 6.45) is 7.50. The molecule has 70 valence electrons. The van der Waals surface area contributed by atoms with Crippen molar-refractivity contribution in [3.63, 3.8) is 0 Å². The fraction of sp³-hybridized carbons (Fsp3) is 0.400. The summed E-state index contributed by atoms with van der Waals surface area (Å²) in [5.41, 5.74) is 1.23. The lowest BCUT2D eigenvalue weighted by molar-refractivity contribution is 0.400. The lowest BCUT2D eigenvalue weighted by atomic mass is 10.1. The molecule has 0 radical (unpaired) electrons. The van der Waals surface area contributed by atoms with Gasteiger partial charge in [0.05, 0.1) is 13.2 Å². The summed E-state index contributed by atoms with van der Waals surface area (Å²) in [6, 6.07) is 2.36. The zero-order valence-corrected chi connectivity index (χ0v) is 7.71. The Bertz CT molecular complexity index is 304. The van der Waals surface area contributed by atoms with Crippen LogP contribution in [0.2, 0.25) is 0 Å². The van der Waals surface area contributed by atoms with Gasteiger partial charge in [-0.05, 0) is 18.5 Å². The SMILES string of the molecule is COc1cc(C2C=CCCN2)c[nH]1. The number of hydrogen-bond donors (Lipinski definition) is 2. The minimum Gasteiger partial charge on any atom is -0.482 e. The van der Waals surface area contributed by atoms with Gasteiger partial charge in [0.2, 0.25) is 0 Å². The molecule has 0 saturated carbocycles. The number of hydrogen-bond acceptors (Lipinski definition) is 2. The number of nitrogens with one attached hydrogen (secondary N) is 2. The molecule has 0 amide bonds. The first kappa shape index (κ1) is 8.38. The molecule has 0 aromatic carbocycles. The number of H-pyrrole nitrogens is 1. The van der Waals surface area contributed by atoms with Crippen molar-refractivity contribution in [3.05, 3.63) is 30.0 Å². The van der Waals surface area contributed by atoms with Gasteiger partial charge in [-0.25, -0.2) is 0 Å². The molecule has 2 rings (SSSR count). The standard InChI is InChI=1S/C10H14N2O/c1-13-10-6-8(7-12-10)9-4-2-3-5-11-9/h2,4,6-7,9,11-12H,3,5H2,1H3. The van der Waals surface area contributed by atoms with Crippen LogP contribution < -0.4 is 10.1 Å². The molecule has 0 saturated heterocycles. The molecule has 2 N–H and O–H groups in total. The first-order chi connectivity index (χ1) is 6.40. The summed E-state index contributed by atoms with van der Waals surface area (Å²) < 4.78 is 5.08. The molecule has 3 heteroatoms. The topological polar surface area (TPSA) is 37.0 Å². The van der Waals surface area contributed by atoms with Gasteiger partial charge in [-0.15, -0.1) is 0 Å². The summed E-state index contributed by atoms with van der Waals surface area (Å²) >= 11 is 0. The van der Waals surface area contributed by atoms with Crippen LogP contribution in [0.25, 0.3) is 0 Å². The summed E-state index contributed by atoms with van der Waals surface area (Å²) in [7, 11) is 1.67. The molecule has 13 heavy (non-hydrogen) atoms. The Morgan fingerprint density at radius 1 is 1.54 bits per heavy atom. The third-order valence-electron chi connectivity index (χ3n) is 2.26. The van der Waals surface area contributed by atoms with Gasteiger partial charge in [-0.1, -0.05) is 12.2 Å². The highest BCUT2D eigenvalue weighted by atomic mass is 16.5. The van der Waals surface area contributed by atoms with Crippen LogP contribution in [0.3, 0.4) is 0 Å². The second-order valence-electron chi connectivity index (χ2n) is 3.15. The van der Waals surface area contributed by atoms with E-state index in [0.29, 0.717) is 6.04 Å². The molecule has 2 heterocycles. The van der Waals surface area contributed by atoms with E-state index in [9.17, 15) is 0 Å². The van der Waals surface area contributed by atoms with Gasteiger partial charge in [0.15, 0.2) is 5.88 Å². The first-order valence-corrected chi connectivity index (χ1v) is 4.52. The van der Waals surface area contributed by atoms with Crippen LogP contribution in [0.1, 0.15) is 18.0 Å². The van der Waals surface area contributed by atoms with Crippen LogP contribution in [-0.2, 0) is 0 Å². The fourth-order valence-corrected chi connectivity index (χ4v) is 1.54. The van der Waals surface area contributed by atoms with Gasteiger partial charge in [0.25, 0.3) is 0 Å². The number of aromatic amines is 1. The smallest absolute Gasteiger partial charge is 0.190 e. The highest BCUT2D eigenvalue weighted by molar-refractivity contribution is 5.28. The summed E-state index contributed by atoms with van der Waals surface area (Å²) in [4.78, 5) is 3.06. The van der Waals surface area contributed by atoms with E-state index in [1.165, 1.54) is 5.56 Å². The van der Waals surface area contributed by atoms with E-state index in [1.54, 1.807) is 7.11 Å². The Balaban J connectivity index is 2.14. The van der Waals surface area contributed by atoms with Crippen molar-refractivity contribution in [1.29, 1.82) is 0 Å². The van der Waals surface area contributed by atoms with Gasteiger partial charge in [-0.3, -0.25) is 0 Å². The Hall–Kier alpha value is -1.22. The Kier molecular flexibility index (Phi) is 2.36. The van der Waals surface area contributed by atoms with Crippen LogP contribution in [0, 0.1) is 0 Å². The van der Waals surface area contributed by atoms with Crippen LogP contribution in [-0.4, -0.2) is 18.6 Å². The van der Waals surface area contributed by atoms with Crippen molar-refractivity contribution in [2.45, 2.75) is 12.5 Å². The highest BCUT2D eigenvalue weighted by Gasteiger charge is 2.11. The van der Waals surface area contributed by atoms with E-state index in [-0.39, 0.29) is 0 Å². The Morgan fingerprint density at radius 2 is 2.46 bits per heavy atom. The average molecular weight is 178 g/mol. The molecular formula is C10H14N2O. The third-order valence-corrected chi connectivity index (χ3v) is 2.26. The van der Waals surface area contributed by atoms with E-state index >= 15 is 0 Å². The Morgan fingerprint density at radius 3 is 3.08 bits per heavy atom. The molecule has 0 spiro atoms. The lowest BCUT2D eigenvalue weighted by Crippen LogP contribution is -2.22. The first-order valence-electron chi connectivity index (χ1n) is 4.52. The van der Waals surface area contributed by atoms with Crippen molar-refractivity contribution in [2.24, 2.45) is 0 Å². The van der Waals surface area contributed by atoms with Crippen molar-refractivity contribution in [3.8, 4) is 5.88 Å². The van der Waals surface area contributed by atoms with Crippen molar-refractivity contribution < 1.29 is 4.74 Å². The zero-order chi connectivity index (χ0) is 9.10. The van der Waals surface area contributed by atoms with Crippen molar-refractivity contribution in [2.75, 3.05) is 13.7 Å². The maximum absolute atomic E-state index is 5.08. The molecule has 1 aliphatic heterocycles. The summed E-state index contributed by atoms with van der Waals surface area (Å²) in [5, 5.41) is 3.41. The van der Waals surface area contributed by atoms with Crippen molar-refractivity contribution >= 4 is 0 Å². The van der Waals surface area contributed by atoms with Gasteiger partial charge in [-0.2, -0.15) is 0 Å². The van der Waals surface area contributed by atoms with Gasteiger partial charge in [0.1, 0.15) is 0 Å². The predicted octanol–water partition coefficient (Wildman–Crippen LogP) is 1.61. The molecule has 1 unspecified atom stereocenters. The van der Waals surface area contributed by atoms with E-state index in [4.69, 9.17) is 4.74 Å². The average Bonchev–Trinajstić information content (AvgIpc) is 2.67. The lowest BCUT2D eigenvalue weighted by Gasteiger charge is -2.16. The molecule has 0 bridgehead atoms. The van der Waals surface area contributed by atoms with E-state index in [0.717, 1.165) is 18.8 Å². The number of aromatic nitrogens is 1. The quantitative estimate of drug-likeness (QED) is 0.675. The molecule has 1 aromatic rings. The van der Waals surface area contributed by atoms with Crippen LogP contribution in [0.5, 0.6) is 5.88 Å². The fourth-order valence-electron chi connectivity index (χ4n) is 1.54. The molecular weight excluding hydrogens is 164 g/mol. The predicted molar refractivity (Wildman–Crippen MR) is 51.8 cm³/mol. The highest BCUT2D eigenvalue weighted by Crippen LogP contribution is 2.21. The summed E-state index contributed by atoms with van der Waals surface area (Å²) in [6.45, 7) is 1.05. The van der Waals surface area contributed by atoms with Gasteiger partial charge < -0.3 is 15.0 Å². The normalized spacial score (nSPS) is 21.8. The van der Waals surface area contributed by atoms with Gasteiger partial charge in [0, 0.05) is 12.3 Å². The maximum Gasteiger partial charge on any atom is 0.190 e. The van der Waals surface area contributed by atoms with Gasteiger partial charge >= 0.3 is 0 Å². The van der Waals surface area contributed by atoms with E-state index in [1.807, 2.05) is 12.3 Å². The molecule has 1 atom stereocenters. The molecule has 1 aliphatic rings. The second kappa shape index (κ2) is 3.66. The zero-order valence-electron chi connectivity index (χ0n) is 7.71. The van der Waals surface area contributed by atoms with Crippen LogP contribution in [0.15, 0.2) is 24.4 Å². The van der Waals surface area contributed by atoms with Crippen LogP contribution >= 0.6 is 0 Å². The Labute approximate surface area is 77.8 Å². The van der Waals surface area contributed by atoms with Crippen molar-refractivity contribution in [1.82, 2.24) is 10.3 Å². The largest absolute Gasteiger partial charge is 0.482 e. The minimum absolute atomic E-state index is 0.342. The number of rotatable bonds is 2. The summed E-state index contributed by atoms with van der Waals surface area (Å²) in [5.74, 6) is 0.816. The molecule has 0 fully saturated rings. The molecule has 3 nitrogen and oxygen atoms in total. The number of ether oxygens (including phenoxy) is 1. The minimum atomic E-state index is 0.342.